The zero-order valence-electron chi connectivity index (χ0n) is 38.2. The van der Waals surface area contributed by atoms with Crippen molar-refractivity contribution >= 4 is 40.2 Å². The highest BCUT2D eigenvalue weighted by molar-refractivity contribution is 7.10. The number of carbonyl (C=O) groups excluding carboxylic acids is 3. The number of fused-ring (bicyclic) bond motifs is 8. The Labute approximate surface area is 379 Å². The van der Waals surface area contributed by atoms with Crippen LogP contribution in [0.25, 0.3) is 33.4 Å². The number of piperidine rings is 1. The normalized spacial score (nSPS) is 26.3. The van der Waals surface area contributed by atoms with Crippen LogP contribution >= 0.6 is 11.3 Å². The highest BCUT2D eigenvalue weighted by Crippen LogP contribution is 2.52. The van der Waals surface area contributed by atoms with Crippen molar-refractivity contribution in [3.63, 3.8) is 0 Å². The molecule has 5 aliphatic rings. The molecule has 1 saturated carbocycles. The molecule has 6 atom stereocenters. The van der Waals surface area contributed by atoms with Gasteiger partial charge in [0.05, 0.1) is 43.0 Å². The molecule has 3 aromatic heterocycles. The molecule has 1 aliphatic carbocycles. The van der Waals surface area contributed by atoms with Gasteiger partial charge in [0.2, 0.25) is 0 Å². The second-order valence-corrected chi connectivity index (χ2v) is 20.2. The molecule has 4 fully saturated rings. The first-order valence-electron chi connectivity index (χ1n) is 23.1. The number of hydrogen-bond donors (Lipinski definition) is 3. The smallest absolute Gasteiger partial charge is 0.408 e. The number of thiazole rings is 1. The van der Waals surface area contributed by atoms with Gasteiger partial charge in [0.25, 0.3) is 5.91 Å². The molecule has 4 aliphatic heterocycles. The van der Waals surface area contributed by atoms with Crippen LogP contribution in [0.4, 0.5) is 4.79 Å². The summed E-state index contributed by atoms with van der Waals surface area (Å²) < 4.78 is 32.5. The van der Waals surface area contributed by atoms with Gasteiger partial charge in [-0.25, -0.2) is 15.2 Å². The predicted octanol–water partition coefficient (Wildman–Crippen LogP) is 7.13. The Hall–Kier alpha value is -4.45. The van der Waals surface area contributed by atoms with Crippen LogP contribution in [0, 0.1) is 5.41 Å². The number of cyclic esters (lactones) is 1. The van der Waals surface area contributed by atoms with Gasteiger partial charge in [-0.05, 0) is 122 Å². The zero-order valence-corrected chi connectivity index (χ0v) is 39.0. The molecule has 0 radical (unpaired) electrons. The molecule has 9 rings (SSSR count). The Balaban J connectivity index is 1.19. The number of aromatic nitrogens is 3. The molecule has 7 heterocycles. The van der Waals surface area contributed by atoms with Crippen LogP contribution in [-0.4, -0.2) is 107 Å². The average Bonchev–Trinajstić information content (AvgIpc) is 3.75. The Bertz CT molecular complexity index is 2380. The molecule has 1 spiro atoms. The fraction of sp³-hybridized carbons (Fsp3) is 0.604. The number of ether oxygens (including phenoxy) is 5. The SMILES string of the molecule is CCO[C@@H]1c2nc(cs2)-c2ccc3c(c2)c(c(-c2cc(C4C[C@H]5COC[C@H](C4)N5)cnc2[C@H](C)OC)n3CC)CC2(CC2)COC(=O)[C@@H]2CCCN(N2)C(=O)[C@H]1NC(=O)OC(C)(C)C. The topological polar surface area (TPSA) is 167 Å². The minimum Gasteiger partial charge on any atom is -0.464 e. The number of nitrogens with zero attached hydrogens (tertiary/aromatic N) is 4. The molecule has 1 aromatic carbocycles. The molecule has 64 heavy (non-hydrogen) atoms. The molecule has 2 amide bonds. The number of hydrogen-bond acceptors (Lipinski definition) is 13. The lowest BCUT2D eigenvalue weighted by atomic mass is 9.82. The molecular formula is C48H63N7O8S. The molecule has 344 valence electrons. The minimum atomic E-state index is -1.22. The lowest BCUT2D eigenvalue weighted by Crippen LogP contribution is -2.61. The number of hydrazine groups is 1. The summed E-state index contributed by atoms with van der Waals surface area (Å²) in [4.78, 5) is 52.3. The molecule has 4 aromatic rings. The Morgan fingerprint density at radius 2 is 1.91 bits per heavy atom. The predicted molar refractivity (Wildman–Crippen MR) is 243 cm³/mol. The van der Waals surface area contributed by atoms with Crippen molar-refractivity contribution in [2.45, 2.75) is 141 Å². The molecule has 0 unspecified atom stereocenters. The van der Waals surface area contributed by atoms with E-state index in [0.29, 0.717) is 55.4 Å². The third-order valence-electron chi connectivity index (χ3n) is 13.6. The van der Waals surface area contributed by atoms with E-state index < -0.39 is 41.8 Å². The quantitative estimate of drug-likeness (QED) is 0.153. The van der Waals surface area contributed by atoms with Crippen molar-refractivity contribution in [1.29, 1.82) is 0 Å². The van der Waals surface area contributed by atoms with E-state index in [0.717, 1.165) is 78.0 Å². The Kier molecular flexibility index (Phi) is 12.6. The monoisotopic (exact) mass is 897 g/mol. The van der Waals surface area contributed by atoms with Gasteiger partial charge in [0, 0.05) is 77.9 Å². The first-order chi connectivity index (χ1) is 30.8. The summed E-state index contributed by atoms with van der Waals surface area (Å²) in [6, 6.07) is 7.55. The third kappa shape index (κ3) is 9.06. The van der Waals surface area contributed by atoms with E-state index in [1.807, 2.05) is 12.3 Å². The first-order valence-corrected chi connectivity index (χ1v) is 24.0. The molecule has 3 saturated heterocycles. The Morgan fingerprint density at radius 3 is 2.61 bits per heavy atom. The van der Waals surface area contributed by atoms with E-state index in [-0.39, 0.29) is 24.7 Å². The van der Waals surface area contributed by atoms with Crippen LogP contribution in [0.5, 0.6) is 0 Å². The summed E-state index contributed by atoms with van der Waals surface area (Å²) in [6.07, 6.45) is 5.62. The van der Waals surface area contributed by atoms with Crippen LogP contribution in [0.15, 0.2) is 35.8 Å². The molecular weight excluding hydrogens is 835 g/mol. The fourth-order valence-electron chi connectivity index (χ4n) is 10.1. The number of nitrogens with one attached hydrogen (secondary N) is 3. The van der Waals surface area contributed by atoms with E-state index in [1.165, 1.54) is 27.5 Å². The highest BCUT2D eigenvalue weighted by atomic mass is 32.1. The van der Waals surface area contributed by atoms with Crippen molar-refractivity contribution in [2.75, 3.05) is 40.1 Å². The summed E-state index contributed by atoms with van der Waals surface area (Å²) in [5, 5.41) is 11.6. The lowest BCUT2D eigenvalue weighted by Gasteiger charge is -2.40. The van der Waals surface area contributed by atoms with Gasteiger partial charge in [-0.2, -0.15) is 0 Å². The van der Waals surface area contributed by atoms with Crippen molar-refractivity contribution in [2.24, 2.45) is 5.41 Å². The van der Waals surface area contributed by atoms with E-state index in [9.17, 15) is 14.4 Å². The van der Waals surface area contributed by atoms with Crippen LogP contribution < -0.4 is 16.1 Å². The summed E-state index contributed by atoms with van der Waals surface area (Å²) in [5.74, 6) is -0.529. The number of aryl methyl sites for hydroxylation is 1. The number of alkyl carbamates (subject to hydrolysis) is 1. The third-order valence-corrected chi connectivity index (χ3v) is 14.5. The number of morpholine rings is 1. The maximum Gasteiger partial charge on any atom is 0.408 e. The summed E-state index contributed by atoms with van der Waals surface area (Å²) in [7, 11) is 1.73. The van der Waals surface area contributed by atoms with Gasteiger partial charge in [0.1, 0.15) is 28.8 Å². The van der Waals surface area contributed by atoms with E-state index in [2.05, 4.69) is 64.9 Å². The molecule has 3 N–H and O–H groups in total. The number of pyridine rings is 1. The number of benzene rings is 1. The largest absolute Gasteiger partial charge is 0.464 e. The molecule has 15 nitrogen and oxygen atoms in total. The van der Waals surface area contributed by atoms with Gasteiger partial charge in [-0.3, -0.25) is 19.6 Å². The lowest BCUT2D eigenvalue weighted by molar-refractivity contribution is -0.155. The van der Waals surface area contributed by atoms with E-state index in [4.69, 9.17) is 33.7 Å². The van der Waals surface area contributed by atoms with E-state index in [1.54, 1.807) is 27.9 Å². The molecule has 8 bridgehead atoms. The maximum absolute atomic E-state index is 14.6. The van der Waals surface area contributed by atoms with Gasteiger partial charge in [0.15, 0.2) is 0 Å². The fourth-order valence-corrected chi connectivity index (χ4v) is 11.0. The second kappa shape index (κ2) is 18.1. The van der Waals surface area contributed by atoms with Crippen molar-refractivity contribution in [1.82, 2.24) is 35.6 Å². The number of amides is 2. The number of methoxy groups -OCH3 is 1. The van der Waals surface area contributed by atoms with Crippen LogP contribution in [0.1, 0.15) is 120 Å². The standard InChI is InChI=1S/C48H63N7O8S/c1-8-54-38-13-12-28-19-33(38)35(41(54)34-20-30(22-49-39(34)27(3)59-7)29-17-31-23-60-24-32(18-29)50-31)21-48(14-15-48)26-62-45(57)36-11-10-16-55(53-36)44(56)40(52-46(58)63-47(4,5)6)42(61-9-2)43-51-37(28)25-64-43/h12-13,19-20,22,25,27,29,31-32,36,40,42,50,53H,8-11,14-18,21,23-24,26H2,1-7H3,(H,52,58)/t27-,31-,32-,36-,40-,42-/m0/s1. The summed E-state index contributed by atoms with van der Waals surface area (Å²) in [6.45, 7) is 14.4. The minimum absolute atomic E-state index is 0.249. The first kappa shape index (κ1) is 44.7. The number of carbonyl (C=O) groups is 3. The van der Waals surface area contributed by atoms with Gasteiger partial charge in [-0.1, -0.05) is 6.07 Å². The number of esters is 1. The molecule has 16 heteroatoms. The second-order valence-electron chi connectivity index (χ2n) is 19.3. The van der Waals surface area contributed by atoms with Crippen LogP contribution in [0.3, 0.4) is 0 Å². The van der Waals surface area contributed by atoms with E-state index >= 15 is 0 Å². The van der Waals surface area contributed by atoms with Gasteiger partial charge < -0.3 is 38.9 Å². The van der Waals surface area contributed by atoms with Gasteiger partial charge in [-0.15, -0.1) is 11.3 Å². The van der Waals surface area contributed by atoms with Crippen molar-refractivity contribution < 1.29 is 38.1 Å². The summed E-state index contributed by atoms with van der Waals surface area (Å²) in [5.41, 5.74) is 10.3. The van der Waals surface area contributed by atoms with Crippen molar-refractivity contribution in [3.05, 3.63) is 57.7 Å². The highest BCUT2D eigenvalue weighted by Gasteiger charge is 2.47. The van der Waals surface area contributed by atoms with Crippen LogP contribution in [0.2, 0.25) is 0 Å². The van der Waals surface area contributed by atoms with Crippen molar-refractivity contribution in [3.8, 4) is 22.5 Å². The average molecular weight is 898 g/mol. The van der Waals surface area contributed by atoms with Gasteiger partial charge >= 0.3 is 12.1 Å². The maximum atomic E-state index is 14.6. The van der Waals surface area contributed by atoms with Crippen LogP contribution in [-0.2, 0) is 46.2 Å². The Morgan fingerprint density at radius 1 is 1.12 bits per heavy atom. The zero-order chi connectivity index (χ0) is 44.9. The number of rotatable bonds is 8. The summed E-state index contributed by atoms with van der Waals surface area (Å²) >= 11 is 1.38.